The second-order valence-electron chi connectivity index (χ2n) is 6.39. The maximum atomic E-state index is 12.2. The first-order chi connectivity index (χ1) is 12.4. The fourth-order valence-electron chi connectivity index (χ4n) is 2.97. The van der Waals surface area contributed by atoms with Crippen molar-refractivity contribution >= 4 is 11.4 Å². The molecule has 3 N–H and O–H groups in total. The molecule has 0 bridgehead atoms. The number of hydrogen-bond acceptors (Lipinski definition) is 4. The summed E-state index contributed by atoms with van der Waals surface area (Å²) in [6.45, 7) is 4.04. The van der Waals surface area contributed by atoms with Crippen LogP contribution in [0, 0.1) is 13.8 Å². The first-order valence-corrected chi connectivity index (χ1v) is 8.43. The molecule has 3 rings (SSSR count). The van der Waals surface area contributed by atoms with E-state index in [9.17, 15) is 4.79 Å². The molecule has 0 atom stereocenters. The van der Waals surface area contributed by atoms with Crippen molar-refractivity contribution in [3.8, 4) is 22.6 Å². The minimum atomic E-state index is -0.0858. The quantitative estimate of drug-likeness (QED) is 0.696. The lowest BCUT2D eigenvalue weighted by Crippen LogP contribution is -2.19. The van der Waals surface area contributed by atoms with Crippen molar-refractivity contribution in [2.24, 2.45) is 7.05 Å². The summed E-state index contributed by atoms with van der Waals surface area (Å²) in [5, 5.41) is 2.94. The fourth-order valence-corrected chi connectivity index (χ4v) is 2.97. The van der Waals surface area contributed by atoms with Crippen molar-refractivity contribution in [3.05, 3.63) is 70.1 Å². The van der Waals surface area contributed by atoms with Gasteiger partial charge in [-0.1, -0.05) is 18.2 Å². The van der Waals surface area contributed by atoms with E-state index in [2.05, 4.69) is 5.32 Å². The van der Waals surface area contributed by atoms with Crippen LogP contribution >= 0.6 is 0 Å². The molecular formula is C21H23N3O2. The number of nitrogens with two attached hydrogens (primary N) is 1. The van der Waals surface area contributed by atoms with E-state index in [1.807, 2.05) is 56.3 Å². The summed E-state index contributed by atoms with van der Waals surface area (Å²) >= 11 is 0. The Balaban J connectivity index is 2.16. The van der Waals surface area contributed by atoms with Gasteiger partial charge in [-0.2, -0.15) is 0 Å². The molecule has 0 aliphatic carbocycles. The van der Waals surface area contributed by atoms with E-state index < -0.39 is 0 Å². The van der Waals surface area contributed by atoms with E-state index in [1.165, 1.54) is 0 Å². The highest BCUT2D eigenvalue weighted by Crippen LogP contribution is 2.37. The summed E-state index contributed by atoms with van der Waals surface area (Å²) in [7, 11) is 3.46. The predicted octanol–water partition coefficient (Wildman–Crippen LogP) is 4.09. The zero-order chi connectivity index (χ0) is 18.8. The Labute approximate surface area is 153 Å². The van der Waals surface area contributed by atoms with Gasteiger partial charge in [-0.15, -0.1) is 0 Å². The Morgan fingerprint density at radius 3 is 2.42 bits per heavy atom. The average molecular weight is 349 g/mol. The van der Waals surface area contributed by atoms with Crippen LogP contribution in [-0.2, 0) is 7.05 Å². The SMILES string of the molecule is CNc1cc(-c2cc(N)ccc2Oc2c(C)cccc2C)cn(C)c1=O. The van der Waals surface area contributed by atoms with Crippen molar-refractivity contribution in [1.29, 1.82) is 0 Å². The van der Waals surface area contributed by atoms with Crippen LogP contribution in [0.15, 0.2) is 53.5 Å². The second-order valence-corrected chi connectivity index (χ2v) is 6.39. The van der Waals surface area contributed by atoms with Crippen LogP contribution in [0.5, 0.6) is 11.5 Å². The Morgan fingerprint density at radius 1 is 1.08 bits per heavy atom. The number of rotatable bonds is 4. The Morgan fingerprint density at radius 2 is 1.77 bits per heavy atom. The molecule has 26 heavy (non-hydrogen) atoms. The van der Waals surface area contributed by atoms with Gasteiger partial charge in [-0.25, -0.2) is 0 Å². The molecule has 3 aromatic rings. The molecule has 0 aliphatic rings. The van der Waals surface area contributed by atoms with Crippen LogP contribution in [-0.4, -0.2) is 11.6 Å². The third kappa shape index (κ3) is 3.28. The number of ether oxygens (including phenoxy) is 1. The molecule has 0 amide bonds. The zero-order valence-corrected chi connectivity index (χ0v) is 15.5. The van der Waals surface area contributed by atoms with Crippen molar-refractivity contribution in [2.45, 2.75) is 13.8 Å². The molecule has 0 saturated carbocycles. The first kappa shape index (κ1) is 17.6. The molecular weight excluding hydrogens is 326 g/mol. The van der Waals surface area contributed by atoms with E-state index >= 15 is 0 Å². The largest absolute Gasteiger partial charge is 0.456 e. The molecule has 1 heterocycles. The van der Waals surface area contributed by atoms with Crippen LogP contribution in [0.1, 0.15) is 11.1 Å². The van der Waals surface area contributed by atoms with Gasteiger partial charge in [0.05, 0.1) is 0 Å². The summed E-state index contributed by atoms with van der Waals surface area (Å²) in [5.41, 5.74) is 10.9. The number of aryl methyl sites for hydroxylation is 3. The molecule has 5 heteroatoms. The highest BCUT2D eigenvalue weighted by molar-refractivity contribution is 5.76. The fraction of sp³-hybridized carbons (Fsp3) is 0.190. The van der Waals surface area contributed by atoms with Crippen molar-refractivity contribution in [2.75, 3.05) is 18.1 Å². The molecule has 2 aromatic carbocycles. The van der Waals surface area contributed by atoms with Crippen LogP contribution in [0.4, 0.5) is 11.4 Å². The van der Waals surface area contributed by atoms with E-state index in [1.54, 1.807) is 24.9 Å². The molecule has 0 fully saturated rings. The van der Waals surface area contributed by atoms with Crippen LogP contribution < -0.4 is 21.3 Å². The molecule has 0 radical (unpaired) electrons. The second kappa shape index (κ2) is 6.96. The number of benzene rings is 2. The van der Waals surface area contributed by atoms with E-state index in [0.29, 0.717) is 17.1 Å². The summed E-state index contributed by atoms with van der Waals surface area (Å²) in [6, 6.07) is 13.4. The van der Waals surface area contributed by atoms with Gasteiger partial charge in [0.1, 0.15) is 17.2 Å². The summed E-state index contributed by atoms with van der Waals surface area (Å²) in [6.07, 6.45) is 1.79. The number of pyridine rings is 1. The number of nitrogens with one attached hydrogen (secondary N) is 1. The van der Waals surface area contributed by atoms with Gasteiger partial charge in [0.15, 0.2) is 0 Å². The third-order valence-corrected chi connectivity index (χ3v) is 4.39. The lowest BCUT2D eigenvalue weighted by atomic mass is 10.0. The van der Waals surface area contributed by atoms with Crippen molar-refractivity contribution < 1.29 is 4.74 Å². The Kier molecular flexibility index (Phi) is 4.71. The molecule has 0 aliphatic heterocycles. The van der Waals surface area contributed by atoms with Gasteiger partial charge < -0.3 is 20.4 Å². The van der Waals surface area contributed by atoms with Gasteiger partial charge in [-0.05, 0) is 49.2 Å². The Bertz CT molecular complexity index is 1000. The van der Waals surface area contributed by atoms with Crippen LogP contribution in [0.3, 0.4) is 0 Å². The van der Waals surface area contributed by atoms with Gasteiger partial charge in [0, 0.05) is 37.1 Å². The zero-order valence-electron chi connectivity index (χ0n) is 15.5. The summed E-state index contributed by atoms with van der Waals surface area (Å²) < 4.78 is 7.81. The number of anilines is 2. The maximum absolute atomic E-state index is 12.2. The predicted molar refractivity (Wildman–Crippen MR) is 107 cm³/mol. The summed E-state index contributed by atoms with van der Waals surface area (Å²) in [4.78, 5) is 12.2. The molecule has 1 aromatic heterocycles. The standard InChI is InChI=1S/C21H23N3O2/c1-13-6-5-7-14(2)20(13)26-19-9-8-16(22)11-17(19)15-10-18(23-3)21(25)24(4)12-15/h5-12,23H,22H2,1-4H3. The van der Waals surface area contributed by atoms with E-state index in [4.69, 9.17) is 10.5 Å². The number of nitrogens with zero attached hydrogens (tertiary/aromatic N) is 1. The normalized spacial score (nSPS) is 10.6. The molecule has 0 unspecified atom stereocenters. The van der Waals surface area contributed by atoms with Crippen molar-refractivity contribution in [3.63, 3.8) is 0 Å². The number of aromatic nitrogens is 1. The van der Waals surface area contributed by atoms with Gasteiger partial charge >= 0.3 is 0 Å². The third-order valence-electron chi connectivity index (χ3n) is 4.39. The monoisotopic (exact) mass is 349 g/mol. The number of para-hydroxylation sites is 1. The highest BCUT2D eigenvalue weighted by atomic mass is 16.5. The number of hydrogen-bond donors (Lipinski definition) is 2. The highest BCUT2D eigenvalue weighted by Gasteiger charge is 2.13. The molecule has 134 valence electrons. The minimum Gasteiger partial charge on any atom is -0.456 e. The number of nitrogen functional groups attached to an aromatic ring is 1. The topological polar surface area (TPSA) is 69.3 Å². The summed E-state index contributed by atoms with van der Waals surface area (Å²) in [5.74, 6) is 1.52. The minimum absolute atomic E-state index is 0.0858. The molecule has 0 saturated heterocycles. The lowest BCUT2D eigenvalue weighted by Gasteiger charge is -2.16. The van der Waals surface area contributed by atoms with Crippen LogP contribution in [0.2, 0.25) is 0 Å². The van der Waals surface area contributed by atoms with E-state index in [0.717, 1.165) is 28.0 Å². The van der Waals surface area contributed by atoms with Gasteiger partial charge in [-0.3, -0.25) is 4.79 Å². The van der Waals surface area contributed by atoms with Gasteiger partial charge in [0.25, 0.3) is 5.56 Å². The Hall–Kier alpha value is -3.21. The van der Waals surface area contributed by atoms with Crippen LogP contribution in [0.25, 0.3) is 11.1 Å². The smallest absolute Gasteiger partial charge is 0.273 e. The maximum Gasteiger partial charge on any atom is 0.273 e. The molecule has 0 spiro atoms. The van der Waals surface area contributed by atoms with E-state index in [-0.39, 0.29) is 5.56 Å². The van der Waals surface area contributed by atoms with Gasteiger partial charge in [0.2, 0.25) is 0 Å². The first-order valence-electron chi connectivity index (χ1n) is 8.43. The molecule has 5 nitrogen and oxygen atoms in total. The average Bonchev–Trinajstić information content (AvgIpc) is 2.61. The lowest BCUT2D eigenvalue weighted by molar-refractivity contribution is 0.477. The van der Waals surface area contributed by atoms with Crippen molar-refractivity contribution in [1.82, 2.24) is 4.57 Å².